The van der Waals surface area contributed by atoms with Crippen LogP contribution in [0, 0.1) is 20.2 Å². The molecule has 2 rings (SSSR count). The Morgan fingerprint density at radius 1 is 1.27 bits per heavy atom. The number of methoxy groups -OCH3 is 1. The summed E-state index contributed by atoms with van der Waals surface area (Å²) in [6.07, 6.45) is 0. The van der Waals surface area contributed by atoms with Gasteiger partial charge in [-0.2, -0.15) is 0 Å². The van der Waals surface area contributed by atoms with Gasteiger partial charge < -0.3 is 20.2 Å². The number of nitrogens with one attached hydrogen (secondary N) is 2. The molecule has 0 saturated carbocycles. The van der Waals surface area contributed by atoms with Gasteiger partial charge in [-0.15, -0.1) is 5.10 Å². The number of amides is 1. The van der Waals surface area contributed by atoms with Gasteiger partial charge in [0.1, 0.15) is 11.4 Å². The Morgan fingerprint density at radius 2 is 2.00 bits per heavy atom. The Balaban J connectivity index is 2.27. The number of anilines is 1. The number of ether oxygens (including phenoxy) is 1. The summed E-state index contributed by atoms with van der Waals surface area (Å²) in [5.74, 6) is -1.04. The first-order chi connectivity index (χ1) is 10.4. The Bertz CT molecular complexity index is 755. The van der Waals surface area contributed by atoms with E-state index in [1.807, 2.05) is 0 Å². The molecule has 1 aromatic heterocycles. The van der Waals surface area contributed by atoms with E-state index in [1.165, 1.54) is 19.2 Å². The van der Waals surface area contributed by atoms with Gasteiger partial charge in [-0.25, -0.2) is 0 Å². The third-order valence-electron chi connectivity index (χ3n) is 2.64. The van der Waals surface area contributed by atoms with Crippen molar-refractivity contribution >= 4 is 23.1 Å². The number of nitro groups is 2. The summed E-state index contributed by atoms with van der Waals surface area (Å²) in [4.78, 5) is 32.0. The molecule has 0 radical (unpaired) electrons. The molecule has 0 aliphatic carbocycles. The van der Waals surface area contributed by atoms with Crippen LogP contribution in [0.2, 0.25) is 0 Å². The molecule has 1 aromatic carbocycles. The van der Waals surface area contributed by atoms with Gasteiger partial charge in [-0.05, 0) is 17.1 Å². The molecular formula is C11H9N5O6. The van der Waals surface area contributed by atoms with Gasteiger partial charge in [0.25, 0.3) is 11.6 Å². The molecule has 2 aromatic rings. The number of rotatable bonds is 5. The molecule has 0 saturated heterocycles. The minimum Gasteiger partial charge on any atom is -0.496 e. The Morgan fingerprint density at radius 3 is 2.55 bits per heavy atom. The number of hydrogen-bond acceptors (Lipinski definition) is 7. The third kappa shape index (κ3) is 2.98. The fourth-order valence-electron chi connectivity index (χ4n) is 1.60. The van der Waals surface area contributed by atoms with Crippen molar-refractivity contribution in [2.45, 2.75) is 0 Å². The van der Waals surface area contributed by atoms with E-state index in [0.717, 1.165) is 12.1 Å². The molecule has 11 nitrogen and oxygen atoms in total. The highest BCUT2D eigenvalue weighted by Crippen LogP contribution is 2.29. The van der Waals surface area contributed by atoms with Crippen molar-refractivity contribution in [1.29, 1.82) is 0 Å². The van der Waals surface area contributed by atoms with Crippen molar-refractivity contribution in [3.05, 3.63) is 50.2 Å². The van der Waals surface area contributed by atoms with Gasteiger partial charge >= 0.3 is 5.82 Å². The molecule has 2 N–H and O–H groups in total. The van der Waals surface area contributed by atoms with E-state index in [2.05, 4.69) is 15.5 Å². The fraction of sp³-hybridized carbons (Fsp3) is 0.0909. The lowest BCUT2D eigenvalue weighted by molar-refractivity contribution is -0.389. The number of aromatic nitrogens is 2. The standard InChI is InChI=1S/C11H9N5O6/c1-22-6-2-3-7(9(4-6)15(18)19)12-11(17)8-5-10(14-13-8)16(20)21/h2-5H,1H3,(H,12,17)(H,13,14). The van der Waals surface area contributed by atoms with Crippen LogP contribution in [-0.2, 0) is 0 Å². The molecule has 0 atom stereocenters. The van der Waals surface area contributed by atoms with Crippen LogP contribution in [0.25, 0.3) is 0 Å². The first-order valence-corrected chi connectivity index (χ1v) is 5.76. The Hall–Kier alpha value is -3.50. The molecule has 0 aliphatic rings. The molecule has 0 spiro atoms. The van der Waals surface area contributed by atoms with Crippen LogP contribution >= 0.6 is 0 Å². The molecular weight excluding hydrogens is 298 g/mol. The molecule has 0 unspecified atom stereocenters. The summed E-state index contributed by atoms with van der Waals surface area (Å²) in [6.45, 7) is 0. The predicted octanol–water partition coefficient (Wildman–Crippen LogP) is 1.49. The highest BCUT2D eigenvalue weighted by Gasteiger charge is 2.21. The number of aromatic amines is 1. The number of carbonyl (C=O) groups excluding carboxylic acids is 1. The Kier molecular flexibility index (Phi) is 3.97. The highest BCUT2D eigenvalue weighted by atomic mass is 16.6. The number of H-pyrrole nitrogens is 1. The molecule has 0 fully saturated rings. The second-order valence-electron chi connectivity index (χ2n) is 3.99. The zero-order valence-corrected chi connectivity index (χ0v) is 11.1. The smallest absolute Gasteiger partial charge is 0.343 e. The Labute approximate surface area is 122 Å². The first-order valence-electron chi connectivity index (χ1n) is 5.76. The van der Waals surface area contributed by atoms with Crippen molar-refractivity contribution in [3.8, 4) is 5.75 Å². The second-order valence-corrected chi connectivity index (χ2v) is 3.99. The quantitative estimate of drug-likeness (QED) is 0.626. The van der Waals surface area contributed by atoms with Crippen molar-refractivity contribution < 1.29 is 19.4 Å². The van der Waals surface area contributed by atoms with Crippen molar-refractivity contribution in [2.75, 3.05) is 12.4 Å². The normalized spacial score (nSPS) is 10.0. The molecule has 22 heavy (non-hydrogen) atoms. The van der Waals surface area contributed by atoms with E-state index in [4.69, 9.17) is 4.74 Å². The van der Waals surface area contributed by atoms with Crippen LogP contribution in [0.1, 0.15) is 10.5 Å². The number of carbonyl (C=O) groups is 1. The maximum Gasteiger partial charge on any atom is 0.343 e. The monoisotopic (exact) mass is 307 g/mol. The molecule has 114 valence electrons. The predicted molar refractivity (Wildman–Crippen MR) is 72.8 cm³/mol. The van der Waals surface area contributed by atoms with E-state index in [1.54, 1.807) is 0 Å². The molecule has 1 amide bonds. The number of nitrogens with zero attached hydrogens (tertiary/aromatic N) is 3. The van der Waals surface area contributed by atoms with Crippen LogP contribution < -0.4 is 10.1 Å². The summed E-state index contributed by atoms with van der Waals surface area (Å²) in [7, 11) is 1.35. The van der Waals surface area contributed by atoms with Crippen LogP contribution in [0.4, 0.5) is 17.2 Å². The van der Waals surface area contributed by atoms with Crippen molar-refractivity contribution in [2.24, 2.45) is 0 Å². The molecule has 11 heteroatoms. The van der Waals surface area contributed by atoms with E-state index in [-0.39, 0.29) is 22.8 Å². The van der Waals surface area contributed by atoms with E-state index in [9.17, 15) is 25.0 Å². The SMILES string of the molecule is COc1ccc(NC(=O)c2cc([N+](=O)[O-])[nH]n2)c([N+](=O)[O-])c1. The van der Waals surface area contributed by atoms with Gasteiger partial charge in [0, 0.05) is 0 Å². The van der Waals surface area contributed by atoms with Gasteiger partial charge in [-0.1, -0.05) is 5.10 Å². The number of nitro benzene ring substituents is 1. The van der Waals surface area contributed by atoms with Gasteiger partial charge in [0.15, 0.2) is 5.69 Å². The van der Waals surface area contributed by atoms with Crippen molar-refractivity contribution in [1.82, 2.24) is 10.2 Å². The lowest BCUT2D eigenvalue weighted by atomic mass is 10.2. The van der Waals surface area contributed by atoms with Crippen LogP contribution in [0.3, 0.4) is 0 Å². The molecule has 0 bridgehead atoms. The van der Waals surface area contributed by atoms with Gasteiger partial charge in [-0.3, -0.25) is 14.9 Å². The summed E-state index contributed by atoms with van der Waals surface area (Å²) < 4.78 is 4.87. The summed E-state index contributed by atoms with van der Waals surface area (Å²) in [5, 5.41) is 29.3. The van der Waals surface area contributed by atoms with E-state index < -0.39 is 21.6 Å². The lowest BCUT2D eigenvalue weighted by Gasteiger charge is -2.05. The first kappa shape index (κ1) is 14.9. The number of benzene rings is 1. The average molecular weight is 307 g/mol. The average Bonchev–Trinajstić information content (AvgIpc) is 2.97. The maximum absolute atomic E-state index is 11.9. The summed E-state index contributed by atoms with van der Waals surface area (Å²) in [5.41, 5.74) is -0.726. The van der Waals surface area contributed by atoms with E-state index >= 15 is 0 Å². The van der Waals surface area contributed by atoms with Crippen molar-refractivity contribution in [3.63, 3.8) is 0 Å². The fourth-order valence-corrected chi connectivity index (χ4v) is 1.60. The third-order valence-corrected chi connectivity index (χ3v) is 2.64. The minimum absolute atomic E-state index is 0.0820. The maximum atomic E-state index is 11.9. The van der Waals surface area contributed by atoms with Gasteiger partial charge in [0.2, 0.25) is 0 Å². The van der Waals surface area contributed by atoms with E-state index in [0.29, 0.717) is 0 Å². The second kappa shape index (κ2) is 5.87. The molecule has 0 aliphatic heterocycles. The van der Waals surface area contributed by atoms with Gasteiger partial charge in [0.05, 0.1) is 24.2 Å². The largest absolute Gasteiger partial charge is 0.496 e. The minimum atomic E-state index is -0.822. The zero-order valence-electron chi connectivity index (χ0n) is 11.1. The molecule has 1 heterocycles. The van der Waals surface area contributed by atoms with Crippen LogP contribution in [0.5, 0.6) is 5.75 Å². The van der Waals surface area contributed by atoms with Crippen LogP contribution in [0.15, 0.2) is 24.3 Å². The lowest BCUT2D eigenvalue weighted by Crippen LogP contribution is -2.13. The zero-order chi connectivity index (χ0) is 16.3. The summed E-state index contributed by atoms with van der Waals surface area (Å²) in [6, 6.07) is 4.78. The number of hydrogen-bond donors (Lipinski definition) is 2. The highest BCUT2D eigenvalue weighted by molar-refractivity contribution is 6.04. The topological polar surface area (TPSA) is 153 Å². The summed E-state index contributed by atoms with van der Waals surface area (Å²) >= 11 is 0. The van der Waals surface area contributed by atoms with Crippen LogP contribution in [-0.4, -0.2) is 33.1 Å².